The predicted molar refractivity (Wildman–Crippen MR) is 129 cm³/mol. The summed E-state index contributed by atoms with van der Waals surface area (Å²) in [4.78, 5) is 18.2. The first-order valence-corrected chi connectivity index (χ1v) is 9.92. The number of guanidine groups is 1. The summed E-state index contributed by atoms with van der Waals surface area (Å²) in [7, 11) is 1.78. The van der Waals surface area contributed by atoms with Crippen molar-refractivity contribution in [3.63, 3.8) is 0 Å². The third kappa shape index (κ3) is 6.45. The summed E-state index contributed by atoms with van der Waals surface area (Å²) >= 11 is 0. The second kappa shape index (κ2) is 11.2. The van der Waals surface area contributed by atoms with Crippen LogP contribution in [0.3, 0.4) is 0 Å². The van der Waals surface area contributed by atoms with Crippen LogP contribution in [-0.4, -0.2) is 30.4 Å². The zero-order valence-electron chi connectivity index (χ0n) is 17.5. The van der Waals surface area contributed by atoms with E-state index in [0.29, 0.717) is 19.5 Å². The van der Waals surface area contributed by atoms with Crippen LogP contribution in [0.4, 0.5) is 0 Å². The summed E-state index contributed by atoms with van der Waals surface area (Å²) < 4.78 is 0. The quantitative estimate of drug-likeness (QED) is 0.355. The molecule has 2 aromatic rings. The molecule has 2 N–H and O–H groups in total. The number of benzene rings is 2. The average Bonchev–Trinajstić information content (AvgIpc) is 3.09. The van der Waals surface area contributed by atoms with Crippen LogP contribution < -0.4 is 10.6 Å². The van der Waals surface area contributed by atoms with Gasteiger partial charge in [0.25, 0.3) is 0 Å². The summed E-state index contributed by atoms with van der Waals surface area (Å²) in [5, 5.41) is 6.79. The lowest BCUT2D eigenvalue weighted by atomic mass is 10.1. The van der Waals surface area contributed by atoms with Gasteiger partial charge >= 0.3 is 0 Å². The Morgan fingerprint density at radius 1 is 1.03 bits per heavy atom. The van der Waals surface area contributed by atoms with Gasteiger partial charge in [-0.1, -0.05) is 48.0 Å². The number of amides is 1. The lowest BCUT2D eigenvalue weighted by molar-refractivity contribution is -0.128. The molecule has 1 fully saturated rings. The van der Waals surface area contributed by atoms with Crippen molar-refractivity contribution in [1.29, 1.82) is 0 Å². The number of hydrogen-bond acceptors (Lipinski definition) is 2. The van der Waals surface area contributed by atoms with E-state index >= 15 is 0 Å². The summed E-state index contributed by atoms with van der Waals surface area (Å²) in [6, 6.07) is 14.8. The first kappa shape index (κ1) is 23.2. The van der Waals surface area contributed by atoms with E-state index in [9.17, 15) is 4.79 Å². The molecule has 0 radical (unpaired) electrons. The minimum absolute atomic E-state index is 0. The van der Waals surface area contributed by atoms with Gasteiger partial charge in [-0.05, 0) is 42.5 Å². The topological polar surface area (TPSA) is 56.7 Å². The molecular formula is C23H31IN4O. The number of hydrogen-bond donors (Lipinski definition) is 2. The number of aryl methyl sites for hydroxylation is 2. The summed E-state index contributed by atoms with van der Waals surface area (Å²) in [6.07, 6.45) is 1.64. The zero-order valence-corrected chi connectivity index (χ0v) is 19.8. The van der Waals surface area contributed by atoms with Gasteiger partial charge < -0.3 is 15.5 Å². The van der Waals surface area contributed by atoms with E-state index in [4.69, 9.17) is 0 Å². The Kier molecular flexibility index (Phi) is 8.95. The maximum atomic E-state index is 12.0. The fourth-order valence-electron chi connectivity index (χ4n) is 3.58. The minimum atomic E-state index is 0. The van der Waals surface area contributed by atoms with Crippen molar-refractivity contribution in [3.8, 4) is 0 Å². The van der Waals surface area contributed by atoms with E-state index in [-0.39, 0.29) is 29.9 Å². The van der Waals surface area contributed by atoms with Crippen molar-refractivity contribution in [2.24, 2.45) is 4.99 Å². The second-order valence-electron chi connectivity index (χ2n) is 7.40. The molecule has 1 amide bonds. The Bertz CT molecular complexity index is 866. The molecular weight excluding hydrogens is 475 g/mol. The Balaban J connectivity index is 0.00000300. The lowest BCUT2D eigenvalue weighted by Gasteiger charge is -2.19. The van der Waals surface area contributed by atoms with Gasteiger partial charge in [0, 0.05) is 39.6 Å². The zero-order chi connectivity index (χ0) is 19.9. The maximum Gasteiger partial charge on any atom is 0.222 e. The molecule has 6 heteroatoms. The van der Waals surface area contributed by atoms with E-state index in [0.717, 1.165) is 25.5 Å². The minimum Gasteiger partial charge on any atom is -0.352 e. The Morgan fingerprint density at radius 3 is 2.34 bits per heavy atom. The van der Waals surface area contributed by atoms with Crippen LogP contribution >= 0.6 is 24.0 Å². The van der Waals surface area contributed by atoms with Gasteiger partial charge in [0.05, 0.1) is 0 Å². The van der Waals surface area contributed by atoms with E-state index in [2.05, 4.69) is 59.8 Å². The Labute approximate surface area is 191 Å². The second-order valence-corrected chi connectivity index (χ2v) is 7.40. The van der Waals surface area contributed by atoms with Crippen molar-refractivity contribution >= 4 is 35.8 Å². The van der Waals surface area contributed by atoms with Gasteiger partial charge in [-0.3, -0.25) is 9.79 Å². The largest absolute Gasteiger partial charge is 0.352 e. The van der Waals surface area contributed by atoms with Crippen molar-refractivity contribution in [1.82, 2.24) is 15.5 Å². The SMILES string of the molecule is CN=C(NCc1ccc(C)cc1C)NCc1ccccc1CN1CCCC1=O.I. The van der Waals surface area contributed by atoms with E-state index in [1.807, 2.05) is 17.0 Å². The van der Waals surface area contributed by atoms with Crippen LogP contribution in [0.15, 0.2) is 47.5 Å². The standard InChI is InChI=1S/C23H30N4O.HI/c1-17-10-11-19(18(2)13-17)14-25-23(24-3)26-15-20-7-4-5-8-21(20)16-27-12-6-9-22(27)28;/h4-5,7-8,10-11,13H,6,9,12,14-16H2,1-3H3,(H2,24,25,26);1H. The number of nitrogens with zero attached hydrogens (tertiary/aromatic N) is 2. The van der Waals surface area contributed by atoms with Gasteiger partial charge in [-0.15, -0.1) is 24.0 Å². The maximum absolute atomic E-state index is 12.0. The van der Waals surface area contributed by atoms with E-state index < -0.39 is 0 Å². The van der Waals surface area contributed by atoms with Gasteiger partial charge in [0.2, 0.25) is 5.91 Å². The van der Waals surface area contributed by atoms with Gasteiger partial charge in [-0.25, -0.2) is 0 Å². The highest BCUT2D eigenvalue weighted by Crippen LogP contribution is 2.17. The van der Waals surface area contributed by atoms with E-state index in [1.165, 1.54) is 27.8 Å². The molecule has 156 valence electrons. The molecule has 0 aliphatic carbocycles. The highest BCUT2D eigenvalue weighted by atomic mass is 127. The molecule has 0 atom stereocenters. The molecule has 0 aromatic heterocycles. The van der Waals surface area contributed by atoms with Crippen LogP contribution in [-0.2, 0) is 24.4 Å². The Morgan fingerprint density at radius 2 is 1.72 bits per heavy atom. The molecule has 0 unspecified atom stereocenters. The average molecular weight is 506 g/mol. The molecule has 1 saturated heterocycles. The molecule has 3 rings (SSSR count). The first-order valence-electron chi connectivity index (χ1n) is 9.92. The normalized spacial score (nSPS) is 14.0. The molecule has 2 aromatic carbocycles. The Hall–Kier alpha value is -2.09. The molecule has 0 saturated carbocycles. The van der Waals surface area contributed by atoms with Gasteiger partial charge in [0.1, 0.15) is 0 Å². The molecule has 5 nitrogen and oxygen atoms in total. The highest BCUT2D eigenvalue weighted by Gasteiger charge is 2.20. The fourth-order valence-corrected chi connectivity index (χ4v) is 3.58. The van der Waals surface area contributed by atoms with Gasteiger partial charge in [0.15, 0.2) is 5.96 Å². The molecule has 0 bridgehead atoms. The van der Waals surface area contributed by atoms with E-state index in [1.54, 1.807) is 7.05 Å². The first-order chi connectivity index (χ1) is 13.6. The number of halogens is 1. The van der Waals surface area contributed by atoms with Crippen LogP contribution in [0.5, 0.6) is 0 Å². The van der Waals surface area contributed by atoms with Crippen LogP contribution in [0, 0.1) is 13.8 Å². The van der Waals surface area contributed by atoms with Crippen molar-refractivity contribution in [3.05, 3.63) is 70.3 Å². The number of nitrogens with one attached hydrogen (secondary N) is 2. The molecule has 1 aliphatic heterocycles. The van der Waals surface area contributed by atoms with Crippen molar-refractivity contribution < 1.29 is 4.79 Å². The van der Waals surface area contributed by atoms with Crippen LogP contribution in [0.1, 0.15) is 40.7 Å². The smallest absolute Gasteiger partial charge is 0.222 e. The monoisotopic (exact) mass is 506 g/mol. The fraction of sp³-hybridized carbons (Fsp3) is 0.391. The predicted octanol–water partition coefficient (Wildman–Crippen LogP) is 3.91. The summed E-state index contributed by atoms with van der Waals surface area (Å²) in [5.74, 6) is 1.03. The number of carbonyl (C=O) groups excluding carboxylic acids is 1. The summed E-state index contributed by atoms with van der Waals surface area (Å²) in [5.41, 5.74) is 6.20. The van der Waals surface area contributed by atoms with Crippen molar-refractivity contribution in [2.75, 3.05) is 13.6 Å². The third-order valence-corrected chi connectivity index (χ3v) is 5.27. The highest BCUT2D eigenvalue weighted by molar-refractivity contribution is 14.0. The number of likely N-dealkylation sites (tertiary alicyclic amines) is 1. The summed E-state index contributed by atoms with van der Waals surface area (Å²) in [6.45, 7) is 7.19. The van der Waals surface area contributed by atoms with Crippen molar-refractivity contribution in [2.45, 2.75) is 46.3 Å². The lowest BCUT2D eigenvalue weighted by Crippen LogP contribution is -2.36. The van der Waals surface area contributed by atoms with Crippen LogP contribution in [0.25, 0.3) is 0 Å². The molecule has 0 spiro atoms. The number of aliphatic imine (C=N–C) groups is 1. The number of rotatable bonds is 6. The molecule has 1 heterocycles. The molecule has 29 heavy (non-hydrogen) atoms. The number of carbonyl (C=O) groups is 1. The van der Waals surface area contributed by atoms with Crippen LogP contribution in [0.2, 0.25) is 0 Å². The molecule has 1 aliphatic rings. The van der Waals surface area contributed by atoms with Gasteiger partial charge in [-0.2, -0.15) is 0 Å². The third-order valence-electron chi connectivity index (χ3n) is 5.27.